The zero-order chi connectivity index (χ0) is 11.3. The Hall–Kier alpha value is -0.240. The standard InChI is InChI=1S/C7H13NS.2C2H6/c1-5-6(2)8-7(3)9-4;2*1-2/h2,5H2,1,3-4H3;2*1-2H3. The molecule has 80 valence electrons. The summed E-state index contributed by atoms with van der Waals surface area (Å²) in [5.74, 6) is 0. The summed E-state index contributed by atoms with van der Waals surface area (Å²) in [6, 6.07) is 0. The van der Waals surface area contributed by atoms with Gasteiger partial charge in [0.15, 0.2) is 0 Å². The van der Waals surface area contributed by atoms with Crippen LogP contribution in [0.25, 0.3) is 0 Å². The van der Waals surface area contributed by atoms with Crippen molar-refractivity contribution in [2.24, 2.45) is 4.99 Å². The van der Waals surface area contributed by atoms with Crippen LogP contribution in [0, 0.1) is 0 Å². The molecule has 0 aliphatic rings. The summed E-state index contributed by atoms with van der Waals surface area (Å²) >= 11 is 1.66. The van der Waals surface area contributed by atoms with Gasteiger partial charge >= 0.3 is 0 Å². The fraction of sp³-hybridized carbons (Fsp3) is 0.727. The Labute approximate surface area is 88.7 Å². The van der Waals surface area contributed by atoms with E-state index in [0.717, 1.165) is 17.2 Å². The van der Waals surface area contributed by atoms with Gasteiger partial charge in [0.2, 0.25) is 0 Å². The third-order valence-electron chi connectivity index (χ3n) is 1.02. The van der Waals surface area contributed by atoms with Crippen LogP contribution in [0.4, 0.5) is 0 Å². The summed E-state index contributed by atoms with van der Waals surface area (Å²) in [6.07, 6.45) is 2.96. The molecule has 0 bridgehead atoms. The first-order chi connectivity index (χ1) is 6.20. The fourth-order valence-corrected chi connectivity index (χ4v) is 0.568. The van der Waals surface area contributed by atoms with Crippen molar-refractivity contribution in [3.05, 3.63) is 12.3 Å². The molecule has 13 heavy (non-hydrogen) atoms. The molecule has 0 aromatic rings. The van der Waals surface area contributed by atoms with Crippen LogP contribution in [0.1, 0.15) is 48.0 Å². The minimum atomic E-state index is 0.942. The Bertz CT molecular complexity index is 128. The monoisotopic (exact) mass is 203 g/mol. The van der Waals surface area contributed by atoms with Gasteiger partial charge in [-0.2, -0.15) is 0 Å². The summed E-state index contributed by atoms with van der Waals surface area (Å²) in [7, 11) is 0. The van der Waals surface area contributed by atoms with Gasteiger partial charge in [-0.1, -0.05) is 41.2 Å². The number of rotatable bonds is 2. The first-order valence-corrected chi connectivity index (χ1v) is 6.20. The normalized spacial score (nSPS) is 9.00. The summed E-state index contributed by atoms with van der Waals surface area (Å²) in [6.45, 7) is 15.8. The van der Waals surface area contributed by atoms with Gasteiger partial charge in [-0.3, -0.25) is 4.99 Å². The molecule has 0 spiro atoms. The molecule has 0 aliphatic carbocycles. The van der Waals surface area contributed by atoms with Gasteiger partial charge in [0, 0.05) is 5.70 Å². The number of aliphatic imine (C=N–C) groups is 1. The summed E-state index contributed by atoms with van der Waals surface area (Å²) < 4.78 is 0. The highest BCUT2D eigenvalue weighted by Gasteiger charge is 1.86. The maximum absolute atomic E-state index is 4.20. The lowest BCUT2D eigenvalue weighted by molar-refractivity contribution is 1.08. The molecule has 0 amide bonds. The summed E-state index contributed by atoms with van der Waals surface area (Å²) in [4.78, 5) is 4.20. The van der Waals surface area contributed by atoms with Gasteiger partial charge in [0.05, 0.1) is 5.04 Å². The summed E-state index contributed by atoms with van der Waals surface area (Å²) in [5, 5.41) is 1.09. The van der Waals surface area contributed by atoms with E-state index in [-0.39, 0.29) is 0 Å². The quantitative estimate of drug-likeness (QED) is 0.466. The molecule has 2 heteroatoms. The van der Waals surface area contributed by atoms with Gasteiger partial charge in [-0.25, -0.2) is 0 Å². The van der Waals surface area contributed by atoms with Crippen LogP contribution >= 0.6 is 11.8 Å². The van der Waals surface area contributed by atoms with Gasteiger partial charge in [-0.15, -0.1) is 11.8 Å². The van der Waals surface area contributed by atoms with Crippen molar-refractivity contribution in [3.8, 4) is 0 Å². The van der Waals surface area contributed by atoms with Crippen LogP contribution < -0.4 is 0 Å². The molecule has 1 nitrogen and oxygen atoms in total. The maximum atomic E-state index is 4.20. The second-order valence-corrected chi connectivity index (χ2v) is 2.75. The van der Waals surface area contributed by atoms with Crippen LogP contribution in [-0.2, 0) is 0 Å². The molecule has 0 aromatic heterocycles. The first-order valence-electron chi connectivity index (χ1n) is 4.97. The Kier molecular flexibility index (Phi) is 25.3. The highest BCUT2D eigenvalue weighted by molar-refractivity contribution is 8.13. The Morgan fingerprint density at radius 2 is 1.62 bits per heavy atom. The SMILES string of the molecule is C=C(CC)N=C(C)SC.CC.CC. The third kappa shape index (κ3) is 18.6. The Morgan fingerprint density at radius 3 is 1.85 bits per heavy atom. The molecule has 0 N–H and O–H groups in total. The maximum Gasteiger partial charge on any atom is 0.0700 e. The lowest BCUT2D eigenvalue weighted by Gasteiger charge is -1.94. The highest BCUT2D eigenvalue weighted by atomic mass is 32.2. The molecule has 0 unspecified atom stereocenters. The van der Waals surface area contributed by atoms with Crippen molar-refractivity contribution in [2.75, 3.05) is 6.26 Å². The van der Waals surface area contributed by atoms with E-state index in [1.165, 1.54) is 0 Å². The number of hydrogen-bond acceptors (Lipinski definition) is 2. The molecule has 0 aliphatic heterocycles. The highest BCUT2D eigenvalue weighted by Crippen LogP contribution is 2.04. The van der Waals surface area contributed by atoms with Crippen LogP contribution in [0.2, 0.25) is 0 Å². The number of hydrogen-bond donors (Lipinski definition) is 0. The molecule has 0 aromatic carbocycles. The molecule has 0 atom stereocenters. The largest absolute Gasteiger partial charge is 0.252 e. The zero-order valence-electron chi connectivity index (χ0n) is 10.3. The summed E-state index contributed by atoms with van der Waals surface area (Å²) in [5.41, 5.74) is 0.960. The average molecular weight is 203 g/mol. The van der Waals surface area contributed by atoms with Crippen LogP contribution in [0.15, 0.2) is 17.3 Å². The predicted octanol–water partition coefficient (Wildman–Crippen LogP) is 4.74. The molecule has 0 heterocycles. The van der Waals surface area contributed by atoms with Crippen molar-refractivity contribution in [1.82, 2.24) is 0 Å². The van der Waals surface area contributed by atoms with E-state index in [1.54, 1.807) is 11.8 Å². The molecule has 0 radical (unpaired) electrons. The molecule has 0 rings (SSSR count). The molecular weight excluding hydrogens is 178 g/mol. The lowest BCUT2D eigenvalue weighted by Crippen LogP contribution is -1.82. The number of allylic oxidation sites excluding steroid dienone is 1. The van der Waals surface area contributed by atoms with E-state index >= 15 is 0 Å². The van der Waals surface area contributed by atoms with Gasteiger partial charge in [0.1, 0.15) is 0 Å². The molecule has 0 saturated carbocycles. The van der Waals surface area contributed by atoms with E-state index < -0.39 is 0 Å². The second-order valence-electron chi connectivity index (χ2n) is 1.75. The zero-order valence-corrected chi connectivity index (χ0v) is 11.1. The van der Waals surface area contributed by atoms with E-state index in [0.29, 0.717) is 0 Å². The number of thioether (sulfide) groups is 1. The van der Waals surface area contributed by atoms with Crippen molar-refractivity contribution >= 4 is 16.8 Å². The van der Waals surface area contributed by atoms with E-state index in [2.05, 4.69) is 18.5 Å². The van der Waals surface area contributed by atoms with Crippen molar-refractivity contribution in [1.29, 1.82) is 0 Å². The van der Waals surface area contributed by atoms with Gasteiger partial charge in [-0.05, 0) is 19.6 Å². The van der Waals surface area contributed by atoms with E-state index in [1.807, 2.05) is 40.9 Å². The van der Waals surface area contributed by atoms with Crippen molar-refractivity contribution in [3.63, 3.8) is 0 Å². The Morgan fingerprint density at radius 1 is 1.23 bits per heavy atom. The second kappa shape index (κ2) is 17.7. The van der Waals surface area contributed by atoms with E-state index in [4.69, 9.17) is 0 Å². The van der Waals surface area contributed by atoms with Crippen LogP contribution in [0.3, 0.4) is 0 Å². The average Bonchev–Trinajstić information content (AvgIpc) is 2.23. The molecule has 0 fully saturated rings. The fourth-order valence-electron chi connectivity index (χ4n) is 0.347. The van der Waals surface area contributed by atoms with E-state index in [9.17, 15) is 0 Å². The van der Waals surface area contributed by atoms with Gasteiger partial charge in [0.25, 0.3) is 0 Å². The molecule has 0 saturated heterocycles. The van der Waals surface area contributed by atoms with Crippen LogP contribution in [-0.4, -0.2) is 11.3 Å². The van der Waals surface area contributed by atoms with Crippen molar-refractivity contribution in [2.45, 2.75) is 48.0 Å². The first kappa shape index (κ1) is 18.5. The molecular formula is C11H25NS. The lowest BCUT2D eigenvalue weighted by atomic mass is 10.4. The Balaban J connectivity index is -0.000000218. The minimum absolute atomic E-state index is 0.942. The van der Waals surface area contributed by atoms with Crippen LogP contribution in [0.5, 0.6) is 0 Å². The van der Waals surface area contributed by atoms with Gasteiger partial charge < -0.3 is 0 Å². The predicted molar refractivity (Wildman–Crippen MR) is 68.8 cm³/mol. The van der Waals surface area contributed by atoms with Crippen molar-refractivity contribution < 1.29 is 0 Å². The minimum Gasteiger partial charge on any atom is -0.252 e. The third-order valence-corrected chi connectivity index (χ3v) is 1.70. The smallest absolute Gasteiger partial charge is 0.0700 e. The topological polar surface area (TPSA) is 12.4 Å². The number of nitrogens with zero attached hydrogens (tertiary/aromatic N) is 1.